The highest BCUT2D eigenvalue weighted by Crippen LogP contribution is 2.45. The molecule has 0 saturated carbocycles. The summed E-state index contributed by atoms with van der Waals surface area (Å²) in [5.41, 5.74) is 1.91. The first kappa shape index (κ1) is 25.1. The SMILES string of the molecule is O=C(O)C(CCc1ccccc1)Nc1ccccc1C(=O)N1C(C(=O)O)CSC1c1ccccc1O. The van der Waals surface area contributed by atoms with Crippen LogP contribution in [0, 0.1) is 0 Å². The molecule has 4 rings (SSSR count). The molecular formula is C27H26N2O6S. The Morgan fingerprint density at radius 1 is 0.944 bits per heavy atom. The largest absolute Gasteiger partial charge is 0.508 e. The Balaban J connectivity index is 1.62. The Morgan fingerprint density at radius 2 is 1.61 bits per heavy atom. The molecule has 3 aromatic rings. The summed E-state index contributed by atoms with van der Waals surface area (Å²) in [6, 6.07) is 20.5. The lowest BCUT2D eigenvalue weighted by molar-refractivity contribution is -0.141. The van der Waals surface area contributed by atoms with Gasteiger partial charge in [0.05, 0.1) is 5.56 Å². The highest BCUT2D eigenvalue weighted by molar-refractivity contribution is 7.99. The molecule has 1 amide bonds. The van der Waals surface area contributed by atoms with Crippen LogP contribution in [-0.2, 0) is 16.0 Å². The quantitative estimate of drug-likeness (QED) is 0.340. The number of aliphatic carboxylic acids is 2. The molecule has 8 nitrogen and oxygen atoms in total. The number of aromatic hydroxyl groups is 1. The summed E-state index contributed by atoms with van der Waals surface area (Å²) in [4.78, 5) is 39.1. The summed E-state index contributed by atoms with van der Waals surface area (Å²) in [5, 5.41) is 32.3. The molecule has 1 fully saturated rings. The first-order valence-corrected chi connectivity index (χ1v) is 12.5. The Morgan fingerprint density at radius 3 is 2.31 bits per heavy atom. The van der Waals surface area contributed by atoms with Gasteiger partial charge in [-0.05, 0) is 36.6 Å². The predicted molar refractivity (Wildman–Crippen MR) is 137 cm³/mol. The average Bonchev–Trinajstić information content (AvgIpc) is 3.32. The fourth-order valence-electron chi connectivity index (χ4n) is 4.22. The van der Waals surface area contributed by atoms with E-state index in [9.17, 15) is 29.7 Å². The Kier molecular flexibility index (Phi) is 7.80. The molecule has 1 saturated heterocycles. The number of nitrogens with one attached hydrogen (secondary N) is 1. The third kappa shape index (κ3) is 5.46. The number of benzene rings is 3. The van der Waals surface area contributed by atoms with E-state index in [-0.39, 0.29) is 17.1 Å². The summed E-state index contributed by atoms with van der Waals surface area (Å²) >= 11 is 1.26. The van der Waals surface area contributed by atoms with E-state index in [4.69, 9.17) is 0 Å². The topological polar surface area (TPSA) is 127 Å². The molecular weight excluding hydrogens is 480 g/mol. The van der Waals surface area contributed by atoms with Gasteiger partial charge in [0.15, 0.2) is 0 Å². The van der Waals surface area contributed by atoms with Crippen LogP contribution in [0.4, 0.5) is 5.69 Å². The third-order valence-electron chi connectivity index (χ3n) is 6.07. The molecule has 0 spiro atoms. The summed E-state index contributed by atoms with van der Waals surface area (Å²) < 4.78 is 0. The van der Waals surface area contributed by atoms with Crippen LogP contribution in [0.3, 0.4) is 0 Å². The number of anilines is 1. The molecule has 0 radical (unpaired) electrons. The number of aryl methyl sites for hydroxylation is 1. The molecule has 0 aromatic heterocycles. The van der Waals surface area contributed by atoms with E-state index in [1.165, 1.54) is 22.7 Å². The second-order valence-electron chi connectivity index (χ2n) is 8.42. The molecule has 3 aromatic carbocycles. The number of phenols is 1. The molecule has 3 atom stereocenters. The summed E-state index contributed by atoms with van der Waals surface area (Å²) in [6.07, 6.45) is 0.819. The van der Waals surface area contributed by atoms with Crippen molar-refractivity contribution >= 4 is 35.3 Å². The average molecular weight is 507 g/mol. The van der Waals surface area contributed by atoms with Crippen LogP contribution in [-0.4, -0.2) is 55.9 Å². The molecule has 4 N–H and O–H groups in total. The standard InChI is InChI=1S/C27H26N2O6S/c30-23-13-7-5-11-19(23)25-29(22(16-36-25)27(34)35)24(31)18-10-4-6-12-20(18)28-21(26(32)33)15-14-17-8-2-1-3-9-17/h1-13,21-22,25,28,30H,14-16H2,(H,32,33)(H,34,35). The Hall–Kier alpha value is -3.98. The number of hydrogen-bond donors (Lipinski definition) is 4. The van der Waals surface area contributed by atoms with Crippen molar-refractivity contribution in [2.75, 3.05) is 11.1 Å². The van der Waals surface area contributed by atoms with Gasteiger partial charge < -0.3 is 25.5 Å². The zero-order valence-electron chi connectivity index (χ0n) is 19.3. The lowest BCUT2D eigenvalue weighted by atomic mass is 10.0. The second kappa shape index (κ2) is 11.2. The van der Waals surface area contributed by atoms with E-state index in [1.54, 1.807) is 42.5 Å². The highest BCUT2D eigenvalue weighted by atomic mass is 32.2. The maximum atomic E-state index is 13.8. The second-order valence-corrected chi connectivity index (χ2v) is 9.53. The van der Waals surface area contributed by atoms with Gasteiger partial charge in [-0.3, -0.25) is 4.79 Å². The van der Waals surface area contributed by atoms with Gasteiger partial charge in [0.1, 0.15) is 23.2 Å². The van der Waals surface area contributed by atoms with Crippen molar-refractivity contribution in [2.45, 2.75) is 30.3 Å². The number of carboxylic acid groups (broad SMARTS) is 2. The van der Waals surface area contributed by atoms with Gasteiger partial charge in [-0.25, -0.2) is 9.59 Å². The zero-order chi connectivity index (χ0) is 25.7. The fraction of sp³-hybridized carbons (Fsp3) is 0.222. The van der Waals surface area contributed by atoms with Crippen LogP contribution in [0.2, 0.25) is 0 Å². The number of rotatable bonds is 9. The van der Waals surface area contributed by atoms with Crippen molar-refractivity contribution in [2.24, 2.45) is 0 Å². The van der Waals surface area contributed by atoms with E-state index in [1.807, 2.05) is 30.3 Å². The van der Waals surface area contributed by atoms with Crippen molar-refractivity contribution in [1.29, 1.82) is 0 Å². The van der Waals surface area contributed by atoms with E-state index >= 15 is 0 Å². The normalized spacial score (nSPS) is 17.9. The van der Waals surface area contributed by atoms with Gasteiger partial charge in [-0.15, -0.1) is 11.8 Å². The van der Waals surface area contributed by atoms with E-state index < -0.39 is 35.3 Å². The number of carbonyl (C=O) groups excluding carboxylic acids is 1. The van der Waals surface area contributed by atoms with E-state index in [2.05, 4.69) is 5.32 Å². The van der Waals surface area contributed by atoms with Crippen LogP contribution in [0.15, 0.2) is 78.9 Å². The minimum absolute atomic E-state index is 0.0305. The number of carboxylic acids is 2. The van der Waals surface area contributed by atoms with Gasteiger partial charge in [0.25, 0.3) is 5.91 Å². The van der Waals surface area contributed by atoms with Gasteiger partial charge in [-0.2, -0.15) is 0 Å². The number of nitrogens with zero attached hydrogens (tertiary/aromatic N) is 1. The predicted octanol–water partition coefficient (Wildman–Crippen LogP) is 4.23. The maximum absolute atomic E-state index is 13.8. The van der Waals surface area contributed by atoms with Crippen molar-refractivity contribution in [3.63, 3.8) is 0 Å². The number of carbonyl (C=O) groups is 3. The fourth-order valence-corrected chi connectivity index (χ4v) is 5.67. The van der Waals surface area contributed by atoms with Crippen LogP contribution >= 0.6 is 11.8 Å². The molecule has 1 heterocycles. The van der Waals surface area contributed by atoms with Gasteiger partial charge in [0.2, 0.25) is 0 Å². The van der Waals surface area contributed by atoms with Crippen LogP contribution < -0.4 is 5.32 Å². The monoisotopic (exact) mass is 506 g/mol. The Bertz CT molecular complexity index is 1250. The van der Waals surface area contributed by atoms with Crippen molar-refractivity contribution < 1.29 is 29.7 Å². The van der Waals surface area contributed by atoms with Crippen molar-refractivity contribution in [1.82, 2.24) is 4.90 Å². The van der Waals surface area contributed by atoms with Crippen LogP contribution in [0.5, 0.6) is 5.75 Å². The lowest BCUT2D eigenvalue weighted by Crippen LogP contribution is -2.43. The van der Waals surface area contributed by atoms with Crippen LogP contribution in [0.25, 0.3) is 0 Å². The van der Waals surface area contributed by atoms with Crippen molar-refractivity contribution in [3.8, 4) is 5.75 Å². The molecule has 0 aliphatic carbocycles. The number of hydrogen-bond acceptors (Lipinski definition) is 6. The first-order valence-electron chi connectivity index (χ1n) is 11.4. The van der Waals surface area contributed by atoms with Gasteiger partial charge in [0, 0.05) is 17.0 Å². The zero-order valence-corrected chi connectivity index (χ0v) is 20.1. The number of phenolic OH excluding ortho intramolecular Hbond substituents is 1. The van der Waals surface area contributed by atoms with E-state index in [0.717, 1.165) is 5.56 Å². The maximum Gasteiger partial charge on any atom is 0.327 e. The minimum Gasteiger partial charge on any atom is -0.508 e. The molecule has 186 valence electrons. The van der Waals surface area contributed by atoms with Crippen LogP contribution in [0.1, 0.15) is 33.3 Å². The summed E-state index contributed by atoms with van der Waals surface area (Å²) in [6.45, 7) is 0. The molecule has 1 aliphatic rings. The minimum atomic E-state index is -1.15. The highest BCUT2D eigenvalue weighted by Gasteiger charge is 2.44. The molecule has 36 heavy (non-hydrogen) atoms. The lowest BCUT2D eigenvalue weighted by Gasteiger charge is -2.29. The number of para-hydroxylation sites is 2. The van der Waals surface area contributed by atoms with Crippen molar-refractivity contribution in [3.05, 3.63) is 95.6 Å². The van der Waals surface area contributed by atoms with Gasteiger partial charge in [-0.1, -0.05) is 60.7 Å². The number of thioether (sulfide) groups is 1. The van der Waals surface area contributed by atoms with Gasteiger partial charge >= 0.3 is 11.9 Å². The Labute approximate surface area is 212 Å². The molecule has 1 aliphatic heterocycles. The first-order chi connectivity index (χ1) is 17.4. The number of amides is 1. The molecule has 9 heteroatoms. The smallest absolute Gasteiger partial charge is 0.327 e. The summed E-state index contributed by atoms with van der Waals surface area (Å²) in [5.74, 6) is -2.64. The molecule has 3 unspecified atom stereocenters. The van der Waals surface area contributed by atoms with E-state index in [0.29, 0.717) is 24.1 Å². The third-order valence-corrected chi connectivity index (χ3v) is 7.38. The summed E-state index contributed by atoms with van der Waals surface area (Å²) in [7, 11) is 0. The molecule has 0 bridgehead atoms.